The fraction of sp³-hybridized carbons (Fsp3) is 0.0952. The fourth-order valence-electron chi connectivity index (χ4n) is 7.21. The average Bonchev–Trinajstić information content (AvgIpc) is 3.56. The van der Waals surface area contributed by atoms with Gasteiger partial charge in [0.05, 0.1) is 15.9 Å². The van der Waals surface area contributed by atoms with E-state index in [4.69, 9.17) is 15.7 Å². The number of rotatable bonds is 4. The number of nitrogens with zero attached hydrogens (tertiary/aromatic N) is 3. The Hall–Kier alpha value is -5.04. The first kappa shape index (κ1) is 29.1. The van der Waals surface area contributed by atoms with Crippen LogP contribution in [0.1, 0.15) is 36.1 Å². The highest BCUT2D eigenvalue weighted by Crippen LogP contribution is 2.54. The van der Waals surface area contributed by atoms with Crippen LogP contribution in [0.4, 0.5) is 0 Å². The first-order valence-electron chi connectivity index (χ1n) is 16.1. The maximum absolute atomic E-state index is 6.59. The lowest BCUT2D eigenvalue weighted by atomic mass is 9.82. The maximum Gasteiger partial charge on any atom is 0.158 e. The molecule has 2 N–H and O–H groups in total. The minimum Gasteiger partial charge on any atom is -0.383 e. The zero-order valence-electron chi connectivity index (χ0n) is 26.6. The van der Waals surface area contributed by atoms with Crippen LogP contribution in [-0.2, 0) is 12.1 Å². The van der Waals surface area contributed by atoms with Gasteiger partial charge in [-0.25, -0.2) is 9.98 Å². The minimum absolute atomic E-state index is 0.114. The van der Waals surface area contributed by atoms with Crippen molar-refractivity contribution < 1.29 is 0 Å². The van der Waals surface area contributed by atoms with Gasteiger partial charge in [-0.2, -0.15) is 0 Å². The number of hydrogen-bond donors (Lipinski definition) is 1. The van der Waals surface area contributed by atoms with E-state index in [2.05, 4.69) is 91.2 Å². The molecule has 232 valence electrons. The molecule has 1 aliphatic heterocycles. The van der Waals surface area contributed by atoms with E-state index in [9.17, 15) is 0 Å². The minimum atomic E-state index is -0.114. The van der Waals surface area contributed by atoms with Crippen LogP contribution in [0.15, 0.2) is 163 Å². The lowest BCUT2D eigenvalue weighted by Crippen LogP contribution is -2.16. The van der Waals surface area contributed by atoms with Crippen molar-refractivity contribution in [3.63, 3.8) is 0 Å². The van der Waals surface area contributed by atoms with Crippen LogP contribution in [-0.4, -0.2) is 16.2 Å². The second kappa shape index (κ2) is 11.3. The zero-order valence-corrected chi connectivity index (χ0v) is 28.3. The average molecular weight is 657 g/mol. The van der Waals surface area contributed by atoms with Crippen LogP contribution in [0.5, 0.6) is 0 Å². The molecule has 4 nitrogen and oxygen atoms in total. The number of hydrogen-bond acceptors (Lipinski definition) is 3. The lowest BCUT2D eigenvalue weighted by molar-refractivity contribution is 0.660. The van der Waals surface area contributed by atoms with E-state index in [1.165, 1.54) is 63.6 Å². The maximum atomic E-state index is 6.59. The highest BCUT2D eigenvalue weighted by molar-refractivity contribution is 8.05. The summed E-state index contributed by atoms with van der Waals surface area (Å²) in [5, 5.41) is 2.48. The van der Waals surface area contributed by atoms with Crippen LogP contribution in [0.2, 0.25) is 0 Å². The Bertz CT molecular complexity index is 2460. The number of aliphatic imine (C=N–C) groups is 2. The Morgan fingerprint density at radius 3 is 2.08 bits per heavy atom. The summed E-state index contributed by atoms with van der Waals surface area (Å²) in [5.41, 5.74) is 16.0. The molecule has 0 bridgehead atoms. The van der Waals surface area contributed by atoms with E-state index in [-0.39, 0.29) is 5.41 Å². The highest BCUT2D eigenvalue weighted by atomic mass is 32.2. The summed E-state index contributed by atoms with van der Waals surface area (Å²) in [6.45, 7) is 5.08. The molecule has 0 amide bonds. The van der Waals surface area contributed by atoms with E-state index >= 15 is 0 Å². The number of aromatic nitrogens is 1. The van der Waals surface area contributed by atoms with E-state index in [1.54, 1.807) is 0 Å². The molecule has 48 heavy (non-hydrogen) atoms. The molecule has 2 heterocycles. The van der Waals surface area contributed by atoms with Crippen LogP contribution in [0.3, 0.4) is 0 Å². The van der Waals surface area contributed by atoms with Crippen molar-refractivity contribution in [1.29, 1.82) is 0 Å². The van der Waals surface area contributed by atoms with Crippen molar-refractivity contribution in [1.82, 2.24) is 4.57 Å². The first-order valence-corrected chi connectivity index (χ1v) is 17.8. The summed E-state index contributed by atoms with van der Waals surface area (Å²) in [6.07, 6.45) is 0. The van der Waals surface area contributed by atoms with Crippen LogP contribution >= 0.6 is 23.5 Å². The normalized spacial score (nSPS) is 14.9. The summed E-state index contributed by atoms with van der Waals surface area (Å²) in [5.74, 6) is 1.05. The fourth-order valence-corrected chi connectivity index (χ4v) is 9.61. The van der Waals surface area contributed by atoms with Gasteiger partial charge in [0.25, 0.3) is 0 Å². The van der Waals surface area contributed by atoms with Gasteiger partial charge in [-0.15, -0.1) is 0 Å². The topological polar surface area (TPSA) is 55.7 Å². The summed E-state index contributed by atoms with van der Waals surface area (Å²) < 4.78 is 2.40. The smallest absolute Gasteiger partial charge is 0.158 e. The molecule has 6 aromatic carbocycles. The molecule has 1 aromatic heterocycles. The van der Waals surface area contributed by atoms with Gasteiger partial charge >= 0.3 is 0 Å². The summed E-state index contributed by atoms with van der Waals surface area (Å²) >= 11 is 3.71. The number of nitrogens with two attached hydrogens (primary N) is 1. The number of benzene rings is 6. The van der Waals surface area contributed by atoms with E-state index in [0.717, 1.165) is 11.1 Å². The molecular weight excluding hydrogens is 625 g/mol. The van der Waals surface area contributed by atoms with Crippen molar-refractivity contribution in [3.05, 3.63) is 156 Å². The van der Waals surface area contributed by atoms with E-state index in [1.807, 2.05) is 84.2 Å². The van der Waals surface area contributed by atoms with Gasteiger partial charge in [0.2, 0.25) is 0 Å². The molecule has 0 atom stereocenters. The molecule has 0 saturated carbocycles. The van der Waals surface area contributed by atoms with Crippen molar-refractivity contribution in [2.24, 2.45) is 15.7 Å². The van der Waals surface area contributed by atoms with Gasteiger partial charge in [0.15, 0.2) is 5.84 Å². The third-order valence-electron chi connectivity index (χ3n) is 9.62. The molecule has 2 aliphatic rings. The van der Waals surface area contributed by atoms with Crippen molar-refractivity contribution in [3.8, 4) is 11.1 Å². The molecule has 1 aliphatic carbocycles. The van der Waals surface area contributed by atoms with Crippen molar-refractivity contribution >= 4 is 57.0 Å². The zero-order chi connectivity index (χ0) is 32.4. The van der Waals surface area contributed by atoms with E-state index in [0.29, 0.717) is 18.3 Å². The quantitative estimate of drug-likeness (QED) is 0.151. The van der Waals surface area contributed by atoms with Gasteiger partial charge in [-0.3, -0.25) is 0 Å². The van der Waals surface area contributed by atoms with Gasteiger partial charge in [-0.05, 0) is 52.6 Å². The summed E-state index contributed by atoms with van der Waals surface area (Å²) in [6, 6.07) is 47.0. The Morgan fingerprint density at radius 1 is 0.646 bits per heavy atom. The van der Waals surface area contributed by atoms with Gasteiger partial charge in [0.1, 0.15) is 12.5 Å². The van der Waals surface area contributed by atoms with Crippen LogP contribution < -0.4 is 5.73 Å². The Kier molecular flexibility index (Phi) is 6.85. The predicted molar refractivity (Wildman–Crippen MR) is 202 cm³/mol. The second-order valence-corrected chi connectivity index (χ2v) is 14.9. The SMILES string of the molecule is CC1(C)c2ccccc2-c2cc3c4ccc5c(c4n(C/N=C(\N=C(N)c4ccccc4)c4ccccc4)c3cc21)Sc1ccccc1S5. The molecular formula is C42H32N4S2. The lowest BCUT2D eigenvalue weighted by Gasteiger charge is -2.22. The molecule has 0 saturated heterocycles. The molecule has 9 rings (SSSR count). The Morgan fingerprint density at radius 2 is 1.31 bits per heavy atom. The molecule has 6 heteroatoms. The first-order chi connectivity index (χ1) is 23.5. The third-order valence-corrected chi connectivity index (χ3v) is 12.2. The summed E-state index contributed by atoms with van der Waals surface area (Å²) in [7, 11) is 0. The van der Waals surface area contributed by atoms with Gasteiger partial charge in [0, 0.05) is 42.0 Å². The number of fused-ring (bicyclic) bond motifs is 9. The third kappa shape index (κ3) is 4.62. The van der Waals surface area contributed by atoms with Crippen LogP contribution in [0, 0.1) is 0 Å². The molecule has 0 spiro atoms. The molecule has 7 aromatic rings. The second-order valence-electron chi connectivity index (χ2n) is 12.8. The largest absolute Gasteiger partial charge is 0.383 e. The Balaban J connectivity index is 1.29. The standard InChI is InChI=1S/C42H32N4S2/c1-42(2)32-18-10-9-17-28(32)30-23-31-29-21-22-37-39(48-36-20-12-11-19-35(36)47-37)38(29)46(34(31)24-33(30)42)25-44-41(27-15-7-4-8-16-27)45-40(43)26-13-5-3-6-14-26/h3-24H,25H2,1-2H3,(H2,43,44,45). The Labute approximate surface area is 288 Å². The van der Waals surface area contributed by atoms with Gasteiger partial charge < -0.3 is 10.3 Å². The predicted octanol–water partition coefficient (Wildman–Crippen LogP) is 10.5. The van der Waals surface area contributed by atoms with Gasteiger partial charge in [-0.1, -0.05) is 140 Å². The number of amidine groups is 2. The van der Waals surface area contributed by atoms with Crippen LogP contribution in [0.25, 0.3) is 32.9 Å². The van der Waals surface area contributed by atoms with Crippen molar-refractivity contribution in [2.45, 2.75) is 45.5 Å². The molecule has 0 fully saturated rings. The monoisotopic (exact) mass is 656 g/mol. The molecule has 0 radical (unpaired) electrons. The van der Waals surface area contributed by atoms with E-state index < -0.39 is 0 Å². The molecule has 0 unspecified atom stereocenters. The highest BCUT2D eigenvalue weighted by Gasteiger charge is 2.36. The van der Waals surface area contributed by atoms with Crippen molar-refractivity contribution in [2.75, 3.05) is 0 Å². The summed E-state index contributed by atoms with van der Waals surface area (Å²) in [4.78, 5) is 15.3.